The molecule has 0 atom stereocenters. The van der Waals surface area contributed by atoms with Gasteiger partial charge in [0.1, 0.15) is 21.2 Å². The summed E-state index contributed by atoms with van der Waals surface area (Å²) in [6.45, 7) is -0.893. The van der Waals surface area contributed by atoms with Gasteiger partial charge in [-0.05, 0) is 48.0 Å². The number of aromatic hydroxyl groups is 1. The summed E-state index contributed by atoms with van der Waals surface area (Å²) in [4.78, 5) is 47.8. The number of aromatic amines is 1. The molecule has 2 aromatic heterocycles. The quantitative estimate of drug-likeness (QED) is 0.0739. The van der Waals surface area contributed by atoms with Gasteiger partial charge < -0.3 is 36.5 Å². The highest BCUT2D eigenvalue weighted by molar-refractivity contribution is 7.87. The number of nitrogens with zero attached hydrogens (tertiary/aromatic N) is 3. The molecule has 11 N–H and O–H groups in total. The lowest BCUT2D eigenvalue weighted by atomic mass is 9.83. The van der Waals surface area contributed by atoms with Crippen molar-refractivity contribution < 1.29 is 71.7 Å². The van der Waals surface area contributed by atoms with Crippen LogP contribution in [0.1, 0.15) is 15.9 Å². The van der Waals surface area contributed by atoms with Crippen molar-refractivity contribution in [3.05, 3.63) is 88.2 Å². The zero-order valence-corrected chi connectivity index (χ0v) is 33.5. The highest BCUT2D eigenvalue weighted by Crippen LogP contribution is 2.46. The number of carboxylic acid groups (broad SMARTS) is 1. The topological polar surface area (TPSA) is 412 Å². The highest BCUT2D eigenvalue weighted by Gasteiger charge is 2.33. The summed E-state index contributed by atoms with van der Waals surface area (Å²) in [6, 6.07) is 11.1. The molecule has 0 unspecified atom stereocenters. The van der Waals surface area contributed by atoms with Gasteiger partial charge in [0.15, 0.2) is 11.5 Å². The molecule has 0 spiro atoms. The SMILES string of the molecule is O=C(O)CNc1nc(Nc2cc(S(=O)(=O)O)ccc2S(=O)(=O)O)nc(Nc2cc(Nc3ccc4[nH]c(=O)c(O)c5c4c3C(=O)c3ccccc3-5)c(S(=O)(=O)O)cc2S(=O)(=O)O)n1. The van der Waals surface area contributed by atoms with E-state index in [1.165, 1.54) is 30.3 Å². The van der Waals surface area contributed by atoms with Crippen LogP contribution in [0.2, 0.25) is 0 Å². The Morgan fingerprint density at radius 1 is 0.597 bits per heavy atom. The third kappa shape index (κ3) is 8.31. The molecule has 0 saturated heterocycles. The van der Waals surface area contributed by atoms with Crippen molar-refractivity contribution in [1.29, 1.82) is 0 Å². The predicted octanol–water partition coefficient (Wildman–Crippen LogP) is 2.34. The number of carboxylic acids is 1. The lowest BCUT2D eigenvalue weighted by molar-refractivity contribution is -0.134. The maximum atomic E-state index is 14.0. The zero-order valence-electron chi connectivity index (χ0n) is 30.2. The predicted molar refractivity (Wildman–Crippen MR) is 213 cm³/mol. The number of H-pyrrole nitrogens is 1. The number of benzene rings is 4. The van der Waals surface area contributed by atoms with Gasteiger partial charge in [0, 0.05) is 16.5 Å². The van der Waals surface area contributed by atoms with Crippen LogP contribution in [-0.4, -0.2) is 100 Å². The van der Waals surface area contributed by atoms with E-state index in [1.807, 2.05) is 0 Å². The van der Waals surface area contributed by atoms with Gasteiger partial charge in [-0.15, -0.1) is 0 Å². The molecule has 0 radical (unpaired) electrons. The van der Waals surface area contributed by atoms with Crippen molar-refractivity contribution in [1.82, 2.24) is 19.9 Å². The third-order valence-electron chi connectivity index (χ3n) is 8.78. The number of carbonyl (C=O) groups is 2. The van der Waals surface area contributed by atoms with Gasteiger partial charge in [-0.1, -0.05) is 24.3 Å². The summed E-state index contributed by atoms with van der Waals surface area (Å²) in [5.41, 5.74) is -3.46. The van der Waals surface area contributed by atoms with E-state index in [-0.39, 0.29) is 44.9 Å². The van der Waals surface area contributed by atoms with Gasteiger partial charge in [-0.25, -0.2) is 0 Å². The normalized spacial score (nSPS) is 12.7. The third-order valence-corrected chi connectivity index (χ3v) is 12.3. The summed E-state index contributed by atoms with van der Waals surface area (Å²) in [7, 11) is -21.1. The largest absolute Gasteiger partial charge is 0.503 e. The smallest absolute Gasteiger partial charge is 0.322 e. The molecular weight excluding hydrogens is 909 g/mol. The highest BCUT2D eigenvalue weighted by atomic mass is 32.2. The first-order chi connectivity index (χ1) is 28.8. The minimum atomic E-state index is -5.48. The van der Waals surface area contributed by atoms with Gasteiger partial charge in [-0.2, -0.15) is 48.6 Å². The lowest BCUT2D eigenvalue weighted by Gasteiger charge is -2.23. The molecule has 1 aliphatic carbocycles. The monoisotopic (exact) mass is 932 g/mol. The average Bonchev–Trinajstić information content (AvgIpc) is 3.15. The maximum absolute atomic E-state index is 14.0. The Labute approximate surface area is 346 Å². The van der Waals surface area contributed by atoms with Gasteiger partial charge in [0.25, 0.3) is 46.0 Å². The number of anilines is 7. The number of ketones is 1. The standard InChI is InChI=1S/C33H24N8O17S4/c42-24(43)12-34-31-39-32(37-18-9-13(59(47,48)49)5-8-21(18)60(50,51)52)41-33(40-31)38-20-10-19(22(61(53,54)55)11-23(20)62(56,57)58)35-17-7-6-16-26-25(29(45)30(46)36-16)14-3-1-2-4-15(14)28(44)27(17)26/h1-11,35,45H,12H2,(H,36,46)(H,42,43)(H,47,48,49)(H,50,51,52)(H,53,54,55)(H,56,57,58)(H3,34,37,38,39,40,41). The van der Waals surface area contributed by atoms with Gasteiger partial charge in [-0.3, -0.25) is 32.6 Å². The molecule has 2 heterocycles. The number of carbonyl (C=O) groups excluding carboxylic acids is 1. The Morgan fingerprint density at radius 2 is 1.15 bits per heavy atom. The van der Waals surface area contributed by atoms with Crippen LogP contribution in [0.5, 0.6) is 5.75 Å². The fraction of sp³-hybridized carbons (Fsp3) is 0.0303. The van der Waals surface area contributed by atoms with E-state index in [9.17, 15) is 76.5 Å². The van der Waals surface area contributed by atoms with Crippen molar-refractivity contribution in [3.63, 3.8) is 0 Å². The molecule has 6 aromatic rings. The van der Waals surface area contributed by atoms with Crippen LogP contribution in [0.15, 0.2) is 91.1 Å². The molecule has 0 amide bonds. The van der Waals surface area contributed by atoms with Crippen LogP contribution in [0.3, 0.4) is 0 Å². The number of fused-ring (bicyclic) bond motifs is 2. The average molecular weight is 933 g/mol. The Hall–Kier alpha value is -7.12. The number of hydrogen-bond donors (Lipinski definition) is 11. The van der Waals surface area contributed by atoms with Crippen molar-refractivity contribution >= 4 is 104 Å². The minimum Gasteiger partial charge on any atom is -0.503 e. The van der Waals surface area contributed by atoms with E-state index in [4.69, 9.17) is 0 Å². The second kappa shape index (κ2) is 15.1. The van der Waals surface area contributed by atoms with Gasteiger partial charge in [0.2, 0.25) is 17.8 Å². The van der Waals surface area contributed by atoms with Crippen LogP contribution in [-0.2, 0) is 45.3 Å². The fourth-order valence-electron chi connectivity index (χ4n) is 6.30. The molecule has 0 aliphatic heterocycles. The molecule has 0 bridgehead atoms. The number of aliphatic carboxylic acids is 1. The molecule has 25 nitrogen and oxygen atoms in total. The number of pyridine rings is 1. The molecule has 4 aromatic carbocycles. The summed E-state index contributed by atoms with van der Waals surface area (Å²) in [5, 5.41) is 29.6. The molecule has 29 heteroatoms. The minimum absolute atomic E-state index is 0.00277. The Bertz CT molecular complexity index is 3490. The first-order valence-corrected chi connectivity index (χ1v) is 22.4. The van der Waals surface area contributed by atoms with Crippen LogP contribution < -0.4 is 26.8 Å². The maximum Gasteiger partial charge on any atom is 0.322 e. The van der Waals surface area contributed by atoms with Crippen molar-refractivity contribution in [3.8, 4) is 16.9 Å². The van der Waals surface area contributed by atoms with Crippen molar-refractivity contribution in [2.45, 2.75) is 19.6 Å². The zero-order chi connectivity index (χ0) is 45.3. The molecule has 0 fully saturated rings. The molecular formula is C33H24N8O17S4. The molecule has 1 aliphatic rings. The first-order valence-electron chi connectivity index (χ1n) is 16.6. The molecule has 0 saturated carbocycles. The van der Waals surface area contributed by atoms with E-state index in [2.05, 4.69) is 41.2 Å². The van der Waals surface area contributed by atoms with Gasteiger partial charge in [0.05, 0.1) is 38.7 Å². The van der Waals surface area contributed by atoms with Crippen molar-refractivity contribution in [2.75, 3.05) is 27.8 Å². The Kier molecular flexibility index (Phi) is 10.5. The van der Waals surface area contributed by atoms with Crippen LogP contribution in [0, 0.1) is 0 Å². The second-order valence-electron chi connectivity index (χ2n) is 12.8. The summed E-state index contributed by atoms with van der Waals surface area (Å²) >= 11 is 0. The van der Waals surface area contributed by atoms with E-state index in [1.54, 1.807) is 6.07 Å². The van der Waals surface area contributed by atoms with Crippen molar-refractivity contribution in [2.24, 2.45) is 0 Å². The number of aromatic nitrogens is 4. The lowest BCUT2D eigenvalue weighted by Crippen LogP contribution is -2.17. The molecule has 7 rings (SSSR count). The summed E-state index contributed by atoms with van der Waals surface area (Å²) < 4.78 is 139. The second-order valence-corrected chi connectivity index (χ2v) is 18.4. The summed E-state index contributed by atoms with van der Waals surface area (Å²) in [5.74, 6) is -5.19. The van der Waals surface area contributed by atoms with E-state index in [0.29, 0.717) is 24.3 Å². The van der Waals surface area contributed by atoms with E-state index >= 15 is 0 Å². The summed E-state index contributed by atoms with van der Waals surface area (Å²) in [6.07, 6.45) is 0. The first kappa shape index (κ1) is 43.0. The molecule has 62 heavy (non-hydrogen) atoms. The van der Waals surface area contributed by atoms with Gasteiger partial charge >= 0.3 is 5.97 Å². The Balaban J connectivity index is 1.41. The Morgan fingerprint density at radius 3 is 1.71 bits per heavy atom. The number of rotatable bonds is 13. The number of hydrogen-bond acceptors (Lipinski definition) is 19. The number of nitrogens with one attached hydrogen (secondary N) is 5. The van der Waals surface area contributed by atoms with E-state index < -0.39 is 125 Å². The van der Waals surface area contributed by atoms with E-state index in [0.717, 1.165) is 0 Å². The molecule has 322 valence electrons. The van der Waals surface area contributed by atoms with Crippen LogP contribution in [0.4, 0.5) is 40.6 Å². The van der Waals surface area contributed by atoms with Crippen LogP contribution >= 0.6 is 0 Å². The fourth-order valence-corrected chi connectivity index (χ4v) is 8.82. The van der Waals surface area contributed by atoms with Crippen LogP contribution in [0.25, 0.3) is 22.0 Å².